The first kappa shape index (κ1) is 37.1. The number of carbonyl (C=O) groups excluding carboxylic acids is 2. The molecule has 0 aliphatic rings. The van der Waals surface area contributed by atoms with Crippen molar-refractivity contribution in [3.63, 3.8) is 0 Å². The summed E-state index contributed by atoms with van der Waals surface area (Å²) in [6, 6.07) is 0. The average Bonchev–Trinajstić information content (AvgIpc) is 2.79. The number of carbonyl (C=O) groups is 3. The summed E-state index contributed by atoms with van der Waals surface area (Å²) >= 11 is 0. The first-order valence-electron chi connectivity index (χ1n) is 12.5. The molecule has 0 aromatic carbocycles. The average molecular weight is 499 g/mol. The Morgan fingerprint density at radius 1 is 1.00 bits per heavy atom. The Morgan fingerprint density at radius 2 is 1.63 bits per heavy atom. The van der Waals surface area contributed by atoms with Crippen molar-refractivity contribution in [2.75, 3.05) is 20.3 Å². The summed E-state index contributed by atoms with van der Waals surface area (Å²) in [6.45, 7) is 14.2. The minimum Gasteiger partial charge on any atom is -0.478 e. The molecule has 0 saturated heterocycles. The van der Waals surface area contributed by atoms with Gasteiger partial charge in [0.2, 0.25) is 0 Å². The molecule has 0 unspecified atom stereocenters. The first-order chi connectivity index (χ1) is 16.4. The summed E-state index contributed by atoms with van der Waals surface area (Å²) in [6.07, 6.45) is 13.1. The van der Waals surface area contributed by atoms with E-state index in [1.807, 2.05) is 6.92 Å². The van der Waals surface area contributed by atoms with Crippen molar-refractivity contribution in [3.8, 4) is 0 Å². The van der Waals surface area contributed by atoms with Gasteiger partial charge in [-0.05, 0) is 65.7 Å². The maximum Gasteiger partial charge on any atom is 0.331 e. The Kier molecular flexibility index (Phi) is 27.8. The largest absolute Gasteiger partial charge is 0.478 e. The van der Waals surface area contributed by atoms with Crippen LogP contribution in [0.1, 0.15) is 99.8 Å². The van der Waals surface area contributed by atoms with Crippen molar-refractivity contribution in [1.82, 2.24) is 0 Å². The van der Waals surface area contributed by atoms with E-state index in [1.54, 1.807) is 19.1 Å². The van der Waals surface area contributed by atoms with Crippen molar-refractivity contribution >= 4 is 17.9 Å². The van der Waals surface area contributed by atoms with Crippen molar-refractivity contribution in [3.05, 3.63) is 34.9 Å². The number of esters is 2. The molecule has 0 amide bonds. The maximum atomic E-state index is 10.8. The number of rotatable bonds is 14. The molecule has 7 nitrogen and oxygen atoms in total. The van der Waals surface area contributed by atoms with Gasteiger partial charge < -0.3 is 19.7 Å². The van der Waals surface area contributed by atoms with Gasteiger partial charge in [-0.2, -0.15) is 0 Å². The number of methoxy groups -OCH3 is 1. The molecule has 0 spiro atoms. The molecule has 7 heteroatoms. The van der Waals surface area contributed by atoms with Gasteiger partial charge in [0.25, 0.3) is 0 Å². The number of unbranched alkanes of at least 4 members (excludes halogenated alkanes) is 2. The van der Waals surface area contributed by atoms with Gasteiger partial charge in [-0.1, -0.05) is 63.3 Å². The molecule has 0 rings (SSSR count). The van der Waals surface area contributed by atoms with Crippen molar-refractivity contribution in [2.45, 2.75) is 99.8 Å². The number of ether oxygens (including phenoxy) is 2. The molecule has 0 aromatic rings. The maximum absolute atomic E-state index is 10.8. The number of aliphatic hydroxyl groups excluding tert-OH is 1. The van der Waals surface area contributed by atoms with Crippen LogP contribution in [0, 0.1) is 5.92 Å². The zero-order valence-corrected chi connectivity index (χ0v) is 23.3. The van der Waals surface area contributed by atoms with Gasteiger partial charge >= 0.3 is 17.9 Å². The van der Waals surface area contributed by atoms with Crippen molar-refractivity contribution < 1.29 is 34.1 Å². The third-order valence-electron chi connectivity index (χ3n) is 4.65. The van der Waals surface area contributed by atoms with Gasteiger partial charge in [-0.25, -0.2) is 14.4 Å². The van der Waals surface area contributed by atoms with Crippen LogP contribution in [0.4, 0.5) is 0 Å². The zero-order valence-electron chi connectivity index (χ0n) is 23.3. The van der Waals surface area contributed by atoms with Gasteiger partial charge in [0, 0.05) is 11.6 Å². The Hall–Kier alpha value is -2.41. The highest BCUT2D eigenvalue weighted by atomic mass is 16.5. The Labute approximate surface area is 213 Å². The highest BCUT2D eigenvalue weighted by Gasteiger charge is 2.05. The van der Waals surface area contributed by atoms with Crippen LogP contribution >= 0.6 is 0 Å². The van der Waals surface area contributed by atoms with Gasteiger partial charge in [0.15, 0.2) is 0 Å². The predicted octanol–water partition coefficient (Wildman–Crippen LogP) is 6.41. The summed E-state index contributed by atoms with van der Waals surface area (Å²) in [5.41, 5.74) is 2.91. The van der Waals surface area contributed by atoms with E-state index in [-0.39, 0.29) is 5.97 Å². The second kappa shape index (κ2) is 26.2. The number of carboxylic acid groups (broad SMARTS) is 1. The van der Waals surface area contributed by atoms with E-state index in [2.05, 4.69) is 50.2 Å². The number of aliphatic hydroxyl groups is 1. The molecule has 0 aliphatic carbocycles. The van der Waals surface area contributed by atoms with Crippen molar-refractivity contribution in [2.24, 2.45) is 5.92 Å². The molecule has 0 fully saturated rings. The number of aliphatic carboxylic acids is 1. The van der Waals surface area contributed by atoms with Crippen LogP contribution in [-0.4, -0.2) is 48.4 Å². The van der Waals surface area contributed by atoms with Crippen LogP contribution < -0.4 is 0 Å². The summed E-state index contributed by atoms with van der Waals surface area (Å²) in [5, 5.41) is 16.9. The summed E-state index contributed by atoms with van der Waals surface area (Å²) in [7, 11) is 1.39. The molecule has 2 N–H and O–H groups in total. The van der Waals surface area contributed by atoms with Crippen LogP contribution in [0.25, 0.3) is 0 Å². The van der Waals surface area contributed by atoms with E-state index in [4.69, 9.17) is 10.2 Å². The predicted molar refractivity (Wildman–Crippen MR) is 142 cm³/mol. The molecule has 0 aromatic heterocycles. The Bertz CT molecular complexity index is 654. The summed E-state index contributed by atoms with van der Waals surface area (Å²) < 4.78 is 9.12. The lowest BCUT2D eigenvalue weighted by Gasteiger charge is -2.04. The van der Waals surface area contributed by atoms with Crippen LogP contribution in [0.2, 0.25) is 0 Å². The number of hydrogen-bond donors (Lipinski definition) is 2. The summed E-state index contributed by atoms with van der Waals surface area (Å²) in [4.78, 5) is 31.6. The van der Waals surface area contributed by atoms with Crippen LogP contribution in [0.3, 0.4) is 0 Å². The zero-order chi connectivity index (χ0) is 27.6. The minimum absolute atomic E-state index is 0.269. The highest BCUT2D eigenvalue weighted by Crippen LogP contribution is 2.12. The molecule has 0 aliphatic heterocycles. The second-order valence-corrected chi connectivity index (χ2v) is 8.82. The van der Waals surface area contributed by atoms with E-state index in [0.29, 0.717) is 24.5 Å². The summed E-state index contributed by atoms with van der Waals surface area (Å²) in [5.74, 6) is -0.913. The Morgan fingerprint density at radius 3 is 2.06 bits per heavy atom. The lowest BCUT2D eigenvalue weighted by atomic mass is 10.0. The molecule has 0 bridgehead atoms. The van der Waals surface area contributed by atoms with Crippen molar-refractivity contribution in [1.29, 1.82) is 0 Å². The van der Waals surface area contributed by atoms with E-state index >= 15 is 0 Å². The number of carboxylic acids is 1. The van der Waals surface area contributed by atoms with Gasteiger partial charge in [0.1, 0.15) is 6.61 Å². The van der Waals surface area contributed by atoms with Crippen LogP contribution in [0.5, 0.6) is 0 Å². The standard InChI is InChI=1S/C11H18O2.C10H18O2.C7H14O3/c1-9(2)6-5-7-10(3)8-11(12)13-4;1-4-9(10(11)12)7-5-6-8(2)3;1-2-3-4-5-10-7(9)6-8/h6,8H,5,7H2,1-4H3;4,8H,5-7H2,1-3H3,(H,11,12);8H,2-6H2,1H3/b;9-4+;. The molecule has 0 atom stereocenters. The van der Waals surface area contributed by atoms with Gasteiger partial charge in [-0.15, -0.1) is 0 Å². The monoisotopic (exact) mass is 498 g/mol. The Balaban J connectivity index is -0.000000443. The second-order valence-electron chi connectivity index (χ2n) is 8.82. The molecule has 0 heterocycles. The molecule has 204 valence electrons. The first-order valence-corrected chi connectivity index (χ1v) is 12.5. The molecular formula is C28H50O7. The molecular weight excluding hydrogens is 448 g/mol. The van der Waals surface area contributed by atoms with E-state index in [9.17, 15) is 14.4 Å². The third kappa shape index (κ3) is 31.6. The van der Waals surface area contributed by atoms with E-state index < -0.39 is 18.5 Å². The molecule has 35 heavy (non-hydrogen) atoms. The normalized spacial score (nSPS) is 10.9. The molecule has 0 saturated carbocycles. The van der Waals surface area contributed by atoms with Gasteiger partial charge in [-0.3, -0.25) is 0 Å². The highest BCUT2D eigenvalue weighted by molar-refractivity contribution is 5.86. The quantitative estimate of drug-likeness (QED) is 0.123. The van der Waals surface area contributed by atoms with E-state index in [1.165, 1.54) is 12.7 Å². The SMILES string of the molecule is C/C=C(\CCCC(C)C)C(=O)O.CCCCCOC(=O)CO.COC(=O)C=C(C)CCC=C(C)C. The minimum atomic E-state index is -0.777. The number of hydrogen-bond acceptors (Lipinski definition) is 6. The lowest BCUT2D eigenvalue weighted by molar-refractivity contribution is -0.147. The fourth-order valence-electron chi connectivity index (χ4n) is 2.58. The number of allylic oxidation sites excluding steroid dienone is 4. The van der Waals surface area contributed by atoms with Crippen LogP contribution in [0.15, 0.2) is 34.9 Å². The van der Waals surface area contributed by atoms with E-state index in [0.717, 1.165) is 50.5 Å². The molecule has 0 radical (unpaired) electrons. The fourth-order valence-corrected chi connectivity index (χ4v) is 2.58. The van der Waals surface area contributed by atoms with Crippen LogP contribution in [-0.2, 0) is 23.9 Å². The lowest BCUT2D eigenvalue weighted by Crippen LogP contribution is -2.09. The topological polar surface area (TPSA) is 110 Å². The fraction of sp³-hybridized carbons (Fsp3) is 0.679. The smallest absolute Gasteiger partial charge is 0.331 e. The van der Waals surface area contributed by atoms with Gasteiger partial charge in [0.05, 0.1) is 13.7 Å². The third-order valence-corrected chi connectivity index (χ3v) is 4.65.